The molecule has 1 aromatic heterocycles. The van der Waals surface area contributed by atoms with Gasteiger partial charge in [0.15, 0.2) is 12.6 Å². The van der Waals surface area contributed by atoms with Crippen molar-refractivity contribution in [3.63, 3.8) is 0 Å². The minimum Gasteiger partial charge on any atom is -0.484 e. The second kappa shape index (κ2) is 11.1. The molecule has 9 heteroatoms. The highest BCUT2D eigenvalue weighted by Gasteiger charge is 2.28. The highest BCUT2D eigenvalue weighted by atomic mass is 127. The number of aliphatic imine (C=N–C) groups is 1. The van der Waals surface area contributed by atoms with Gasteiger partial charge in [0.05, 0.1) is 6.26 Å². The molecule has 0 saturated carbocycles. The van der Waals surface area contributed by atoms with Crippen LogP contribution in [0.5, 0.6) is 5.75 Å². The number of nitrogens with zero attached hydrogens (tertiary/aromatic N) is 1. The fraction of sp³-hybridized carbons (Fsp3) is 0.389. The van der Waals surface area contributed by atoms with Crippen LogP contribution in [-0.4, -0.2) is 32.3 Å². The zero-order valence-corrected chi connectivity index (χ0v) is 17.4. The van der Waals surface area contributed by atoms with Crippen LogP contribution in [0.15, 0.2) is 46.0 Å². The summed E-state index contributed by atoms with van der Waals surface area (Å²) in [5.74, 6) is 1.61. The summed E-state index contributed by atoms with van der Waals surface area (Å²) in [6.45, 7) is 1.37. The third-order valence-electron chi connectivity index (χ3n) is 3.53. The van der Waals surface area contributed by atoms with Crippen LogP contribution in [0.1, 0.15) is 16.9 Å². The van der Waals surface area contributed by atoms with Gasteiger partial charge in [-0.05, 0) is 30.7 Å². The molecule has 27 heavy (non-hydrogen) atoms. The van der Waals surface area contributed by atoms with E-state index in [-0.39, 0.29) is 36.3 Å². The average Bonchev–Trinajstić information content (AvgIpc) is 3.10. The van der Waals surface area contributed by atoms with Crippen LogP contribution in [0, 0.1) is 6.92 Å². The van der Waals surface area contributed by atoms with Crippen molar-refractivity contribution in [3.8, 4) is 5.75 Å². The van der Waals surface area contributed by atoms with Crippen molar-refractivity contribution >= 4 is 29.9 Å². The van der Waals surface area contributed by atoms with E-state index >= 15 is 0 Å². The lowest BCUT2D eigenvalue weighted by atomic mass is 10.1. The van der Waals surface area contributed by atoms with Crippen molar-refractivity contribution in [1.82, 2.24) is 10.6 Å². The molecule has 0 aliphatic rings. The van der Waals surface area contributed by atoms with E-state index in [4.69, 9.17) is 9.15 Å². The first kappa shape index (κ1) is 23.1. The molecule has 0 unspecified atom stereocenters. The van der Waals surface area contributed by atoms with E-state index in [0.29, 0.717) is 24.5 Å². The predicted molar refractivity (Wildman–Crippen MR) is 109 cm³/mol. The summed E-state index contributed by atoms with van der Waals surface area (Å²) in [6, 6.07) is 8.86. The molecule has 150 valence electrons. The van der Waals surface area contributed by atoms with Gasteiger partial charge < -0.3 is 19.8 Å². The maximum atomic E-state index is 12.4. The lowest BCUT2D eigenvalue weighted by Crippen LogP contribution is -2.38. The van der Waals surface area contributed by atoms with E-state index in [2.05, 4.69) is 15.6 Å². The second-order valence-corrected chi connectivity index (χ2v) is 5.70. The first-order chi connectivity index (χ1) is 12.4. The topological polar surface area (TPSA) is 58.8 Å². The van der Waals surface area contributed by atoms with Gasteiger partial charge in [0.25, 0.3) is 0 Å². The third kappa shape index (κ3) is 8.55. The lowest BCUT2D eigenvalue weighted by Gasteiger charge is -2.16. The fourth-order valence-corrected chi connectivity index (χ4v) is 2.26. The number of guanidine groups is 1. The quantitative estimate of drug-likeness (QED) is 0.345. The summed E-state index contributed by atoms with van der Waals surface area (Å²) in [6.07, 6.45) is -2.07. The number of aryl methyl sites for hydroxylation is 1. The Morgan fingerprint density at radius 2 is 2.00 bits per heavy atom. The molecule has 0 saturated heterocycles. The van der Waals surface area contributed by atoms with Gasteiger partial charge in [0.1, 0.15) is 11.5 Å². The van der Waals surface area contributed by atoms with Crippen molar-refractivity contribution < 1.29 is 22.3 Å². The summed E-state index contributed by atoms with van der Waals surface area (Å²) < 4.78 is 47.5. The number of hydrogen-bond acceptors (Lipinski definition) is 3. The Balaban J connectivity index is 0.00000364. The molecule has 1 heterocycles. The van der Waals surface area contributed by atoms with Crippen molar-refractivity contribution in [1.29, 1.82) is 0 Å². The molecule has 0 spiro atoms. The standard InChI is InChI=1S/C18H22F3N3O2.HI/c1-13-5-6-14(16(10-13)26-12-18(19,20)21)11-24-17(22-2)23-8-7-15-4-3-9-25-15;/h3-6,9-10H,7-8,11-12H2,1-2H3,(H2,22,23,24);1H. The Labute approximate surface area is 173 Å². The van der Waals surface area contributed by atoms with Gasteiger partial charge in [0, 0.05) is 32.1 Å². The zero-order chi connectivity index (χ0) is 19.0. The van der Waals surface area contributed by atoms with Crippen LogP contribution in [0.4, 0.5) is 13.2 Å². The number of alkyl halides is 3. The van der Waals surface area contributed by atoms with Crippen molar-refractivity contribution in [2.75, 3.05) is 20.2 Å². The number of rotatable bonds is 7. The summed E-state index contributed by atoms with van der Waals surface area (Å²) in [5, 5.41) is 6.19. The molecule has 0 radical (unpaired) electrons. The molecule has 2 aromatic rings. The second-order valence-electron chi connectivity index (χ2n) is 5.70. The van der Waals surface area contributed by atoms with Gasteiger partial charge in [-0.2, -0.15) is 13.2 Å². The number of halogens is 4. The summed E-state index contributed by atoms with van der Waals surface area (Å²) in [4.78, 5) is 4.10. The van der Waals surface area contributed by atoms with E-state index in [1.807, 2.05) is 18.2 Å². The summed E-state index contributed by atoms with van der Waals surface area (Å²) in [7, 11) is 1.62. The molecular formula is C18H23F3IN3O2. The van der Waals surface area contributed by atoms with Gasteiger partial charge in [-0.1, -0.05) is 12.1 Å². The first-order valence-electron chi connectivity index (χ1n) is 8.13. The van der Waals surface area contributed by atoms with Crippen molar-refractivity contribution in [2.24, 2.45) is 4.99 Å². The molecule has 1 aromatic carbocycles. The van der Waals surface area contributed by atoms with Gasteiger partial charge in [0.2, 0.25) is 0 Å². The molecule has 0 amide bonds. The Bertz CT molecular complexity index is 719. The number of nitrogens with one attached hydrogen (secondary N) is 2. The summed E-state index contributed by atoms with van der Waals surface area (Å²) >= 11 is 0. The van der Waals surface area contributed by atoms with E-state index < -0.39 is 12.8 Å². The predicted octanol–water partition coefficient (Wildman–Crippen LogP) is 4.05. The molecule has 2 N–H and O–H groups in total. The van der Waals surface area contributed by atoms with Crippen molar-refractivity contribution in [3.05, 3.63) is 53.5 Å². The maximum absolute atomic E-state index is 12.4. The van der Waals surface area contributed by atoms with Crippen LogP contribution in [0.3, 0.4) is 0 Å². The molecule has 0 atom stereocenters. The fourth-order valence-electron chi connectivity index (χ4n) is 2.26. The Hall–Kier alpha value is -1.91. The van der Waals surface area contributed by atoms with Crippen LogP contribution in [0.25, 0.3) is 0 Å². The number of benzene rings is 1. The van der Waals surface area contributed by atoms with E-state index in [0.717, 1.165) is 11.3 Å². The molecule has 0 fully saturated rings. The minimum atomic E-state index is -4.38. The van der Waals surface area contributed by atoms with Gasteiger partial charge in [-0.25, -0.2) is 0 Å². The zero-order valence-electron chi connectivity index (χ0n) is 15.1. The van der Waals surface area contributed by atoms with Gasteiger partial charge >= 0.3 is 6.18 Å². The number of hydrogen-bond donors (Lipinski definition) is 2. The summed E-state index contributed by atoms with van der Waals surface area (Å²) in [5.41, 5.74) is 1.45. The Morgan fingerprint density at radius 3 is 2.63 bits per heavy atom. The lowest BCUT2D eigenvalue weighted by molar-refractivity contribution is -0.153. The van der Waals surface area contributed by atoms with E-state index in [1.54, 1.807) is 32.4 Å². The monoisotopic (exact) mass is 497 g/mol. The van der Waals surface area contributed by atoms with Crippen molar-refractivity contribution in [2.45, 2.75) is 26.1 Å². The molecule has 2 rings (SSSR count). The minimum absolute atomic E-state index is 0. The normalized spacial score (nSPS) is 11.7. The highest BCUT2D eigenvalue weighted by molar-refractivity contribution is 14.0. The molecule has 0 aliphatic carbocycles. The van der Waals surface area contributed by atoms with Gasteiger partial charge in [-0.3, -0.25) is 4.99 Å². The SMILES string of the molecule is CN=C(NCCc1ccco1)NCc1ccc(C)cc1OCC(F)(F)F.I. The smallest absolute Gasteiger partial charge is 0.422 e. The first-order valence-corrected chi connectivity index (χ1v) is 8.13. The van der Waals surface area contributed by atoms with E-state index in [1.165, 1.54) is 0 Å². The highest BCUT2D eigenvalue weighted by Crippen LogP contribution is 2.23. The van der Waals surface area contributed by atoms with Crippen LogP contribution in [0.2, 0.25) is 0 Å². The number of ether oxygens (including phenoxy) is 1. The van der Waals surface area contributed by atoms with Crippen LogP contribution < -0.4 is 15.4 Å². The van der Waals surface area contributed by atoms with Crippen LogP contribution >= 0.6 is 24.0 Å². The van der Waals surface area contributed by atoms with Gasteiger partial charge in [-0.15, -0.1) is 24.0 Å². The van der Waals surface area contributed by atoms with Crippen LogP contribution in [-0.2, 0) is 13.0 Å². The maximum Gasteiger partial charge on any atom is 0.422 e. The number of furan rings is 1. The largest absolute Gasteiger partial charge is 0.484 e. The molecule has 0 aliphatic heterocycles. The van der Waals surface area contributed by atoms with E-state index in [9.17, 15) is 13.2 Å². The molecule has 0 bridgehead atoms. The third-order valence-corrected chi connectivity index (χ3v) is 3.53. The molecular weight excluding hydrogens is 474 g/mol. The Morgan fingerprint density at radius 1 is 1.22 bits per heavy atom. The Kier molecular flexibility index (Phi) is 9.47. The molecule has 5 nitrogen and oxygen atoms in total. The average molecular weight is 497 g/mol.